The van der Waals surface area contributed by atoms with Crippen LogP contribution in [-0.2, 0) is 4.79 Å². The van der Waals surface area contributed by atoms with Crippen LogP contribution in [0.15, 0.2) is 65.1 Å². The number of ether oxygens (including phenoxy) is 1. The maximum Gasteiger partial charge on any atom is 0.248 e. The fourth-order valence-electron chi connectivity index (χ4n) is 3.61. The van der Waals surface area contributed by atoms with Crippen molar-refractivity contribution in [2.45, 2.75) is 26.2 Å². The first-order valence-electron chi connectivity index (χ1n) is 10.9. The Labute approximate surface area is 208 Å². The summed E-state index contributed by atoms with van der Waals surface area (Å²) in [4.78, 5) is 17.2. The van der Waals surface area contributed by atoms with Crippen LogP contribution in [0, 0.1) is 0 Å². The molecule has 34 heavy (non-hydrogen) atoms. The molecule has 0 aliphatic carbocycles. The number of halogens is 2. The Morgan fingerprint density at radius 2 is 2.00 bits per heavy atom. The molecule has 0 saturated carbocycles. The Hall–Kier alpha value is -3.28. The van der Waals surface area contributed by atoms with Gasteiger partial charge in [0.25, 0.3) is 0 Å². The first kappa shape index (κ1) is 23.9. The highest BCUT2D eigenvalue weighted by atomic mass is 35.5. The molecule has 3 aromatic carbocycles. The van der Waals surface area contributed by atoms with Gasteiger partial charge in [0.2, 0.25) is 11.8 Å². The molecule has 0 aliphatic heterocycles. The molecule has 4 rings (SSSR count). The van der Waals surface area contributed by atoms with Crippen LogP contribution in [0.3, 0.4) is 0 Å². The van der Waals surface area contributed by atoms with Crippen molar-refractivity contribution in [3.63, 3.8) is 0 Å². The van der Waals surface area contributed by atoms with Crippen molar-refractivity contribution in [1.82, 2.24) is 4.98 Å². The summed E-state index contributed by atoms with van der Waals surface area (Å²) in [6.45, 7) is 4.36. The largest absolute Gasteiger partial charge is 0.495 e. The number of hydrogen-bond acceptors (Lipinski definition) is 4. The van der Waals surface area contributed by atoms with Gasteiger partial charge in [-0.05, 0) is 66.4 Å². The molecule has 4 aromatic rings. The van der Waals surface area contributed by atoms with Gasteiger partial charge in [-0.1, -0.05) is 49.2 Å². The molecule has 1 aromatic heterocycles. The third kappa shape index (κ3) is 5.27. The van der Waals surface area contributed by atoms with Crippen molar-refractivity contribution in [3.05, 3.63) is 81.8 Å². The van der Waals surface area contributed by atoms with E-state index in [1.54, 1.807) is 24.3 Å². The third-order valence-corrected chi connectivity index (χ3v) is 6.12. The van der Waals surface area contributed by atoms with Crippen LogP contribution in [0.2, 0.25) is 10.0 Å². The van der Waals surface area contributed by atoms with Crippen molar-refractivity contribution in [3.8, 4) is 17.2 Å². The molecule has 1 heterocycles. The van der Waals surface area contributed by atoms with Gasteiger partial charge in [0.05, 0.1) is 12.1 Å². The van der Waals surface area contributed by atoms with Crippen molar-refractivity contribution < 1.29 is 13.9 Å². The number of anilines is 1. The fourth-order valence-corrected chi connectivity index (χ4v) is 4.20. The Morgan fingerprint density at radius 1 is 1.18 bits per heavy atom. The number of nitrogens with one attached hydrogen (secondary N) is 1. The summed E-state index contributed by atoms with van der Waals surface area (Å²) in [5, 5.41) is 3.68. The molecule has 0 saturated heterocycles. The first-order valence-corrected chi connectivity index (χ1v) is 11.7. The lowest BCUT2D eigenvalue weighted by Gasteiger charge is -2.08. The van der Waals surface area contributed by atoms with Crippen LogP contribution >= 0.6 is 23.2 Å². The number of hydrogen-bond donors (Lipinski definition) is 1. The summed E-state index contributed by atoms with van der Waals surface area (Å²) in [7, 11) is 1.51. The van der Waals surface area contributed by atoms with E-state index in [4.69, 9.17) is 32.4 Å². The molecule has 1 atom stereocenters. The monoisotopic (exact) mass is 494 g/mol. The summed E-state index contributed by atoms with van der Waals surface area (Å²) in [6, 6.07) is 16.7. The molecule has 174 valence electrons. The summed E-state index contributed by atoms with van der Waals surface area (Å²) in [6.07, 6.45) is 4.06. The van der Waals surface area contributed by atoms with E-state index in [0.717, 1.165) is 23.1 Å². The molecular formula is C27H24Cl2N2O3. The molecule has 0 spiro atoms. The van der Waals surface area contributed by atoms with E-state index in [2.05, 4.69) is 36.3 Å². The van der Waals surface area contributed by atoms with Crippen molar-refractivity contribution in [2.75, 3.05) is 12.4 Å². The highest BCUT2D eigenvalue weighted by molar-refractivity contribution is 6.36. The van der Waals surface area contributed by atoms with Gasteiger partial charge < -0.3 is 14.5 Å². The molecule has 0 bridgehead atoms. The van der Waals surface area contributed by atoms with Crippen LogP contribution in [0.25, 0.3) is 28.6 Å². The summed E-state index contributed by atoms with van der Waals surface area (Å²) in [5.74, 6) is 1.09. The lowest BCUT2D eigenvalue weighted by molar-refractivity contribution is -0.111. The van der Waals surface area contributed by atoms with Gasteiger partial charge in [0, 0.05) is 27.9 Å². The van der Waals surface area contributed by atoms with Crippen molar-refractivity contribution in [2.24, 2.45) is 0 Å². The number of amides is 1. The average molecular weight is 495 g/mol. The second-order valence-electron chi connectivity index (χ2n) is 7.97. The second kappa shape index (κ2) is 10.3. The molecule has 0 radical (unpaired) electrons. The van der Waals surface area contributed by atoms with Crippen molar-refractivity contribution >= 4 is 52.0 Å². The molecular weight excluding hydrogens is 471 g/mol. The Bertz CT molecular complexity index is 1380. The number of nitrogens with zero attached hydrogens (tertiary/aromatic N) is 1. The maximum absolute atomic E-state index is 12.5. The molecule has 0 fully saturated rings. The quantitative estimate of drug-likeness (QED) is 0.264. The van der Waals surface area contributed by atoms with Gasteiger partial charge in [-0.2, -0.15) is 0 Å². The number of benzene rings is 3. The van der Waals surface area contributed by atoms with E-state index >= 15 is 0 Å². The fraction of sp³-hybridized carbons (Fsp3) is 0.185. The second-order valence-corrected chi connectivity index (χ2v) is 8.81. The van der Waals surface area contributed by atoms with Gasteiger partial charge in [-0.15, -0.1) is 0 Å². The number of carbonyl (C=O) groups is 1. The lowest BCUT2D eigenvalue weighted by atomic mass is 9.98. The van der Waals surface area contributed by atoms with Crippen LogP contribution in [0.1, 0.15) is 37.3 Å². The molecule has 7 heteroatoms. The molecule has 1 N–H and O–H groups in total. The summed E-state index contributed by atoms with van der Waals surface area (Å²) in [5.41, 5.74) is 4.78. The van der Waals surface area contributed by atoms with E-state index in [1.165, 1.54) is 18.7 Å². The smallest absolute Gasteiger partial charge is 0.248 e. The summed E-state index contributed by atoms with van der Waals surface area (Å²) >= 11 is 12.2. The molecule has 5 nitrogen and oxygen atoms in total. The molecule has 1 amide bonds. The molecule has 0 aliphatic rings. The number of aromatic nitrogens is 1. The van der Waals surface area contributed by atoms with E-state index in [1.807, 2.05) is 24.3 Å². The zero-order chi connectivity index (χ0) is 24.2. The van der Waals surface area contributed by atoms with E-state index in [9.17, 15) is 4.79 Å². The normalized spacial score (nSPS) is 12.3. The van der Waals surface area contributed by atoms with Crippen molar-refractivity contribution in [1.29, 1.82) is 0 Å². The van der Waals surface area contributed by atoms with Gasteiger partial charge in [0.15, 0.2) is 5.58 Å². The van der Waals surface area contributed by atoms with Crippen LogP contribution in [0.5, 0.6) is 5.75 Å². The van der Waals surface area contributed by atoms with E-state index in [-0.39, 0.29) is 5.91 Å². The SMILES string of the molecule is CC[C@@H](C)c1ccc2oc(-c3cccc(NC(=O)/C=C/c4cc(Cl)cc(Cl)c4OC)c3)nc2c1. The predicted molar refractivity (Wildman–Crippen MR) is 139 cm³/mol. The van der Waals surface area contributed by atoms with E-state index in [0.29, 0.717) is 38.9 Å². The van der Waals surface area contributed by atoms with Gasteiger partial charge in [0.1, 0.15) is 11.3 Å². The van der Waals surface area contributed by atoms with Crippen LogP contribution in [-0.4, -0.2) is 18.0 Å². The minimum Gasteiger partial charge on any atom is -0.495 e. The number of fused-ring (bicyclic) bond motifs is 1. The number of rotatable bonds is 7. The third-order valence-electron chi connectivity index (χ3n) is 5.63. The average Bonchev–Trinajstić information content (AvgIpc) is 3.25. The molecule has 0 unspecified atom stereocenters. The maximum atomic E-state index is 12.5. The standard InChI is InChI=1S/C27H24Cl2N2O3/c1-4-16(2)17-8-10-24-23(14-17)31-27(34-24)19-6-5-7-21(13-19)30-25(32)11-9-18-12-20(28)15-22(29)26(18)33-3/h5-16H,4H2,1-3H3,(H,30,32)/b11-9+/t16-/m1/s1. The minimum atomic E-state index is -0.314. The zero-order valence-corrected chi connectivity index (χ0v) is 20.6. The highest BCUT2D eigenvalue weighted by Crippen LogP contribution is 2.33. The number of oxazole rings is 1. The topological polar surface area (TPSA) is 64.4 Å². The van der Waals surface area contributed by atoms with Gasteiger partial charge in [-0.3, -0.25) is 4.79 Å². The highest BCUT2D eigenvalue weighted by Gasteiger charge is 2.12. The number of methoxy groups -OCH3 is 1. The van der Waals surface area contributed by atoms with Gasteiger partial charge >= 0.3 is 0 Å². The van der Waals surface area contributed by atoms with E-state index < -0.39 is 0 Å². The Balaban J connectivity index is 1.53. The predicted octanol–water partition coefficient (Wildman–Crippen LogP) is 7.98. The van der Waals surface area contributed by atoms with Gasteiger partial charge in [-0.25, -0.2) is 4.98 Å². The Morgan fingerprint density at radius 3 is 2.76 bits per heavy atom. The first-order chi connectivity index (χ1) is 16.4. The Kier molecular flexibility index (Phi) is 7.25. The zero-order valence-electron chi connectivity index (χ0n) is 19.1. The minimum absolute atomic E-state index is 0.314. The lowest BCUT2D eigenvalue weighted by Crippen LogP contribution is -2.07. The van der Waals surface area contributed by atoms with Crippen LogP contribution in [0.4, 0.5) is 5.69 Å². The summed E-state index contributed by atoms with van der Waals surface area (Å²) < 4.78 is 11.3. The van der Waals surface area contributed by atoms with Crippen LogP contribution < -0.4 is 10.1 Å². The number of carbonyl (C=O) groups excluding carboxylic acids is 1.